The fourth-order valence-corrected chi connectivity index (χ4v) is 2.54. The summed E-state index contributed by atoms with van der Waals surface area (Å²) in [7, 11) is 0. The Morgan fingerprint density at radius 2 is 1.68 bits per heavy atom. The van der Waals surface area contributed by atoms with E-state index in [0.717, 1.165) is 5.56 Å². The van der Waals surface area contributed by atoms with Crippen LogP contribution in [0, 0.1) is 5.82 Å². The Kier molecular flexibility index (Phi) is 7.68. The van der Waals surface area contributed by atoms with Crippen LogP contribution in [-0.4, -0.2) is 42.4 Å². The Bertz CT molecular complexity index is 819. The van der Waals surface area contributed by atoms with Gasteiger partial charge in [-0.25, -0.2) is 9.18 Å². The number of ether oxygens (including phenoxy) is 1. The number of hydrogen-bond donors (Lipinski definition) is 1. The minimum absolute atomic E-state index is 0.101. The molecule has 0 bridgehead atoms. The van der Waals surface area contributed by atoms with E-state index < -0.39 is 5.97 Å². The average molecular weight is 386 g/mol. The number of anilines is 1. The fourth-order valence-electron chi connectivity index (χ4n) is 2.54. The summed E-state index contributed by atoms with van der Waals surface area (Å²) in [6.07, 6.45) is 0.515. The Labute approximate surface area is 163 Å². The van der Waals surface area contributed by atoms with E-state index in [1.54, 1.807) is 43.3 Å². The zero-order chi connectivity index (χ0) is 20.5. The van der Waals surface area contributed by atoms with E-state index in [-0.39, 0.29) is 30.8 Å². The molecule has 1 N–H and O–H groups in total. The average Bonchev–Trinajstić information content (AvgIpc) is 2.67. The molecule has 148 valence electrons. The molecule has 0 aliphatic rings. The molecule has 0 heterocycles. The fraction of sp³-hybridized carbons (Fsp3) is 0.286. The smallest absolute Gasteiger partial charge is 0.338 e. The molecule has 0 unspecified atom stereocenters. The van der Waals surface area contributed by atoms with Gasteiger partial charge in [0.25, 0.3) is 0 Å². The zero-order valence-electron chi connectivity index (χ0n) is 15.9. The highest BCUT2D eigenvalue weighted by atomic mass is 19.1. The van der Waals surface area contributed by atoms with E-state index in [9.17, 15) is 18.8 Å². The predicted octanol–water partition coefficient (Wildman–Crippen LogP) is 3.03. The molecule has 0 fully saturated rings. The van der Waals surface area contributed by atoms with Crippen molar-refractivity contribution in [1.82, 2.24) is 4.90 Å². The number of amides is 2. The van der Waals surface area contributed by atoms with Crippen LogP contribution in [0.1, 0.15) is 29.8 Å². The maximum absolute atomic E-state index is 13.0. The Balaban J connectivity index is 1.90. The lowest BCUT2D eigenvalue weighted by atomic mass is 10.1. The van der Waals surface area contributed by atoms with Gasteiger partial charge in [0.15, 0.2) is 0 Å². The van der Waals surface area contributed by atoms with Crippen molar-refractivity contribution in [2.24, 2.45) is 0 Å². The van der Waals surface area contributed by atoms with E-state index >= 15 is 0 Å². The molecule has 0 saturated heterocycles. The van der Waals surface area contributed by atoms with Crippen LogP contribution in [0.15, 0.2) is 48.5 Å². The highest BCUT2D eigenvalue weighted by Crippen LogP contribution is 2.11. The third-order valence-corrected chi connectivity index (χ3v) is 4.04. The normalized spacial score (nSPS) is 10.2. The Morgan fingerprint density at radius 1 is 1.04 bits per heavy atom. The van der Waals surface area contributed by atoms with Gasteiger partial charge in [-0.15, -0.1) is 0 Å². The maximum Gasteiger partial charge on any atom is 0.338 e. The van der Waals surface area contributed by atoms with Crippen LogP contribution in [0.5, 0.6) is 0 Å². The van der Waals surface area contributed by atoms with E-state index in [1.807, 2.05) is 0 Å². The minimum atomic E-state index is -0.427. The Hall–Kier alpha value is -3.22. The van der Waals surface area contributed by atoms with Gasteiger partial charge in [-0.3, -0.25) is 9.59 Å². The molecule has 6 nitrogen and oxygen atoms in total. The summed E-state index contributed by atoms with van der Waals surface area (Å²) in [4.78, 5) is 37.1. The molecule has 0 saturated carbocycles. The van der Waals surface area contributed by atoms with Crippen molar-refractivity contribution in [3.8, 4) is 0 Å². The van der Waals surface area contributed by atoms with Crippen LogP contribution in [-0.2, 0) is 20.7 Å². The van der Waals surface area contributed by atoms with Crippen LogP contribution in [0.25, 0.3) is 0 Å². The van der Waals surface area contributed by atoms with Crippen LogP contribution < -0.4 is 5.32 Å². The van der Waals surface area contributed by atoms with Gasteiger partial charge in [-0.05, 0) is 55.3 Å². The lowest BCUT2D eigenvalue weighted by Crippen LogP contribution is -2.38. The first-order valence-electron chi connectivity index (χ1n) is 8.96. The maximum atomic E-state index is 13.0. The molecule has 2 rings (SSSR count). The lowest BCUT2D eigenvalue weighted by Gasteiger charge is -2.20. The van der Waals surface area contributed by atoms with E-state index in [2.05, 4.69) is 5.32 Å². The van der Waals surface area contributed by atoms with Crippen LogP contribution in [0.3, 0.4) is 0 Å². The molecule has 0 spiro atoms. The number of carbonyl (C=O) groups is 3. The molecule has 0 aromatic heterocycles. The summed E-state index contributed by atoms with van der Waals surface area (Å²) < 4.78 is 17.9. The molecular formula is C21H23FN2O4. The Morgan fingerprint density at radius 3 is 2.25 bits per heavy atom. The van der Waals surface area contributed by atoms with Gasteiger partial charge >= 0.3 is 5.97 Å². The number of nitrogens with zero attached hydrogens (tertiary/aromatic N) is 1. The lowest BCUT2D eigenvalue weighted by molar-refractivity contribution is -0.132. The summed E-state index contributed by atoms with van der Waals surface area (Å²) in [5.41, 5.74) is 1.78. The van der Waals surface area contributed by atoms with E-state index in [1.165, 1.54) is 24.0 Å². The molecular weight excluding hydrogens is 363 g/mol. The zero-order valence-corrected chi connectivity index (χ0v) is 15.9. The number of hydrogen-bond acceptors (Lipinski definition) is 4. The van der Waals surface area contributed by atoms with Crippen molar-refractivity contribution in [2.45, 2.75) is 20.3 Å². The number of rotatable bonds is 8. The van der Waals surface area contributed by atoms with Crippen molar-refractivity contribution in [1.29, 1.82) is 0 Å². The molecule has 2 aromatic carbocycles. The van der Waals surface area contributed by atoms with Gasteiger partial charge in [0.1, 0.15) is 5.82 Å². The van der Waals surface area contributed by atoms with Crippen molar-refractivity contribution >= 4 is 23.5 Å². The quantitative estimate of drug-likeness (QED) is 0.708. The third-order valence-electron chi connectivity index (χ3n) is 4.04. The topological polar surface area (TPSA) is 75.7 Å². The summed E-state index contributed by atoms with van der Waals surface area (Å²) >= 11 is 0. The number of halogens is 1. The molecule has 28 heavy (non-hydrogen) atoms. The number of esters is 1. The number of benzene rings is 2. The van der Waals surface area contributed by atoms with Crippen molar-refractivity contribution in [3.05, 3.63) is 65.5 Å². The molecule has 2 aromatic rings. The first-order chi connectivity index (χ1) is 13.4. The molecule has 7 heteroatoms. The molecule has 0 atom stereocenters. The number of nitrogens with one attached hydrogen (secondary N) is 1. The van der Waals surface area contributed by atoms with Crippen LogP contribution in [0.2, 0.25) is 0 Å². The molecule has 2 amide bonds. The first-order valence-corrected chi connectivity index (χ1v) is 8.96. The second-order valence-corrected chi connectivity index (χ2v) is 6.16. The van der Waals surface area contributed by atoms with Gasteiger partial charge < -0.3 is 15.0 Å². The van der Waals surface area contributed by atoms with E-state index in [0.29, 0.717) is 24.2 Å². The number of carbonyl (C=O) groups excluding carboxylic acids is 3. The highest BCUT2D eigenvalue weighted by molar-refractivity contribution is 5.95. The minimum Gasteiger partial charge on any atom is -0.462 e. The van der Waals surface area contributed by atoms with Gasteiger partial charge in [0.2, 0.25) is 11.8 Å². The van der Waals surface area contributed by atoms with Gasteiger partial charge in [-0.2, -0.15) is 0 Å². The summed E-state index contributed by atoms with van der Waals surface area (Å²) in [5.74, 6) is -1.32. The molecule has 0 aliphatic carbocycles. The summed E-state index contributed by atoms with van der Waals surface area (Å²) in [6, 6.07) is 12.3. The second-order valence-electron chi connectivity index (χ2n) is 6.16. The van der Waals surface area contributed by atoms with E-state index in [4.69, 9.17) is 4.74 Å². The van der Waals surface area contributed by atoms with Crippen molar-refractivity contribution in [3.63, 3.8) is 0 Å². The monoisotopic (exact) mass is 386 g/mol. The SMILES string of the molecule is CCOC(=O)c1ccc(NC(=O)CN(CCc2ccc(F)cc2)C(C)=O)cc1. The standard InChI is InChI=1S/C21H23FN2O4/c1-3-28-21(27)17-6-10-19(11-7-17)23-20(26)14-24(15(2)25)13-12-16-4-8-18(22)9-5-16/h4-11H,3,12-14H2,1-2H3,(H,23,26). The van der Waals surface area contributed by atoms with Gasteiger partial charge in [0, 0.05) is 19.2 Å². The van der Waals surface area contributed by atoms with Crippen LogP contribution in [0.4, 0.5) is 10.1 Å². The van der Waals surface area contributed by atoms with Gasteiger partial charge in [0.05, 0.1) is 18.7 Å². The summed E-state index contributed by atoms with van der Waals surface area (Å²) in [5, 5.41) is 2.70. The van der Waals surface area contributed by atoms with Crippen molar-refractivity contribution < 1.29 is 23.5 Å². The largest absolute Gasteiger partial charge is 0.462 e. The van der Waals surface area contributed by atoms with Crippen molar-refractivity contribution in [2.75, 3.05) is 25.0 Å². The van der Waals surface area contributed by atoms with Crippen LogP contribution >= 0.6 is 0 Å². The molecule has 0 radical (unpaired) electrons. The first kappa shape index (κ1) is 21.1. The highest BCUT2D eigenvalue weighted by Gasteiger charge is 2.14. The van der Waals surface area contributed by atoms with Gasteiger partial charge in [-0.1, -0.05) is 12.1 Å². The second kappa shape index (κ2) is 10.2. The third kappa shape index (κ3) is 6.50. The predicted molar refractivity (Wildman–Crippen MR) is 103 cm³/mol. The molecule has 0 aliphatic heterocycles. The summed E-state index contributed by atoms with van der Waals surface area (Å²) in [6.45, 7) is 3.65.